The minimum absolute atomic E-state index is 0.201. The number of hydrogen-bond donors (Lipinski definition) is 2. The van der Waals surface area contributed by atoms with E-state index >= 15 is 0 Å². The third-order valence-corrected chi connectivity index (χ3v) is 4.65. The van der Waals surface area contributed by atoms with Crippen molar-refractivity contribution in [1.82, 2.24) is 0 Å². The van der Waals surface area contributed by atoms with Crippen molar-refractivity contribution in [3.8, 4) is 0 Å². The molecular weight excluding hydrogens is 308 g/mol. The van der Waals surface area contributed by atoms with Crippen LogP contribution < -0.4 is 0 Å². The largest absolute Gasteiger partial charge is 0.294 e. The van der Waals surface area contributed by atoms with E-state index in [1.807, 2.05) is 54.6 Å². The highest BCUT2D eigenvalue weighted by Gasteiger charge is 2.08. The number of rotatable bonds is 6. The molecule has 0 aliphatic carbocycles. The van der Waals surface area contributed by atoms with Crippen molar-refractivity contribution < 1.29 is 4.79 Å². The number of carbonyl (C=O) groups excluding carboxylic acids is 1. The quantitative estimate of drug-likeness (QED) is 0.392. The first kappa shape index (κ1) is 16.9. The van der Waals surface area contributed by atoms with Crippen LogP contribution in [0.25, 0.3) is 9.81 Å². The molecule has 3 heteroatoms. The highest BCUT2D eigenvalue weighted by Crippen LogP contribution is 2.31. The molecule has 0 radical (unpaired) electrons. The van der Waals surface area contributed by atoms with Gasteiger partial charge in [-0.2, -0.15) is 0 Å². The van der Waals surface area contributed by atoms with Crippen LogP contribution in [-0.2, 0) is 0 Å². The smallest absolute Gasteiger partial charge is 0.162 e. The van der Waals surface area contributed by atoms with Crippen molar-refractivity contribution in [2.45, 2.75) is 26.2 Å². The summed E-state index contributed by atoms with van der Waals surface area (Å²) in [7, 11) is 0. The average molecular weight is 329 g/mol. The molecule has 0 N–H and O–H groups in total. The summed E-state index contributed by atoms with van der Waals surface area (Å²) in [6.45, 7) is 2.09. The summed E-state index contributed by atoms with van der Waals surface area (Å²) in [5.41, 5.74) is 2.75. The van der Waals surface area contributed by atoms with Crippen LogP contribution in [0.1, 0.15) is 47.7 Å². The molecule has 0 aliphatic rings. The van der Waals surface area contributed by atoms with Crippen molar-refractivity contribution in [1.29, 1.82) is 0 Å². The predicted molar refractivity (Wildman–Crippen MR) is 102 cm³/mol. The van der Waals surface area contributed by atoms with Crippen LogP contribution in [0, 0.1) is 0 Å². The van der Waals surface area contributed by atoms with Gasteiger partial charge in [0.15, 0.2) is 5.78 Å². The zero-order valence-corrected chi connectivity index (χ0v) is 14.4. The fraction of sp³-hybridized carbons (Fsp3) is 0.211. The SMILES string of the molecule is CCCCC(=O)c1ccc(C(S)=C(S)c2ccccc2)cc1. The van der Waals surface area contributed by atoms with Crippen LogP contribution in [0.4, 0.5) is 0 Å². The summed E-state index contributed by atoms with van der Waals surface area (Å²) in [5.74, 6) is 0.201. The minimum atomic E-state index is 0.201. The number of benzene rings is 2. The normalized spacial score (nSPS) is 12.0. The number of thiol groups is 2. The van der Waals surface area contributed by atoms with Gasteiger partial charge < -0.3 is 0 Å². The topological polar surface area (TPSA) is 17.1 Å². The number of Topliss-reactive ketones (excluding diaryl/α,β-unsaturated/α-hetero) is 1. The van der Waals surface area contributed by atoms with Gasteiger partial charge in [-0.15, -0.1) is 25.3 Å². The van der Waals surface area contributed by atoms with Gasteiger partial charge in [0.05, 0.1) is 0 Å². The lowest BCUT2D eigenvalue weighted by Crippen LogP contribution is -1.98. The van der Waals surface area contributed by atoms with Gasteiger partial charge in [-0.1, -0.05) is 67.9 Å². The van der Waals surface area contributed by atoms with Crippen LogP contribution in [-0.4, -0.2) is 5.78 Å². The molecule has 2 aromatic carbocycles. The van der Waals surface area contributed by atoms with E-state index in [0.29, 0.717) is 6.42 Å². The number of hydrogen-bond acceptors (Lipinski definition) is 3. The predicted octanol–water partition coefficient (Wildman–Crippen LogP) is 5.74. The minimum Gasteiger partial charge on any atom is -0.294 e. The lowest BCUT2D eigenvalue weighted by Gasteiger charge is -2.08. The Morgan fingerprint density at radius 3 is 1.86 bits per heavy atom. The molecular formula is C19H20OS2. The Morgan fingerprint density at radius 1 is 0.818 bits per heavy atom. The van der Waals surface area contributed by atoms with E-state index in [0.717, 1.165) is 39.3 Å². The molecule has 0 atom stereocenters. The third-order valence-electron chi connectivity index (χ3n) is 3.51. The van der Waals surface area contributed by atoms with Crippen LogP contribution in [0.3, 0.4) is 0 Å². The van der Waals surface area contributed by atoms with E-state index in [9.17, 15) is 4.79 Å². The molecule has 0 unspecified atom stereocenters. The van der Waals surface area contributed by atoms with Crippen molar-refractivity contribution in [2.24, 2.45) is 0 Å². The number of unbranched alkanes of at least 4 members (excludes halogenated alkanes) is 1. The monoisotopic (exact) mass is 328 g/mol. The van der Waals surface area contributed by atoms with Gasteiger partial charge in [-0.25, -0.2) is 0 Å². The van der Waals surface area contributed by atoms with Gasteiger partial charge in [-0.3, -0.25) is 4.79 Å². The van der Waals surface area contributed by atoms with E-state index in [2.05, 4.69) is 32.2 Å². The lowest BCUT2D eigenvalue weighted by molar-refractivity contribution is 0.0980. The molecule has 1 nitrogen and oxygen atoms in total. The number of carbonyl (C=O) groups is 1. The molecule has 0 fully saturated rings. The summed E-state index contributed by atoms with van der Waals surface area (Å²) in [5, 5.41) is 0. The Bertz CT molecular complexity index is 658. The van der Waals surface area contributed by atoms with E-state index in [-0.39, 0.29) is 5.78 Å². The lowest BCUT2D eigenvalue weighted by atomic mass is 10.0. The first-order valence-electron chi connectivity index (χ1n) is 7.44. The van der Waals surface area contributed by atoms with E-state index in [1.165, 1.54) is 0 Å². The molecule has 2 rings (SSSR count). The molecule has 0 bridgehead atoms. The Morgan fingerprint density at radius 2 is 1.32 bits per heavy atom. The van der Waals surface area contributed by atoms with E-state index < -0.39 is 0 Å². The van der Waals surface area contributed by atoms with Crippen molar-refractivity contribution >= 4 is 40.9 Å². The molecule has 0 saturated carbocycles. The fourth-order valence-electron chi connectivity index (χ4n) is 2.17. The summed E-state index contributed by atoms with van der Waals surface area (Å²) in [6, 6.07) is 17.5. The third kappa shape index (κ3) is 4.28. The molecule has 0 amide bonds. The maximum atomic E-state index is 12.0. The molecule has 0 heterocycles. The van der Waals surface area contributed by atoms with Crippen molar-refractivity contribution in [2.75, 3.05) is 0 Å². The van der Waals surface area contributed by atoms with Gasteiger partial charge in [0.2, 0.25) is 0 Å². The Hall–Kier alpha value is -1.45. The van der Waals surface area contributed by atoms with Crippen molar-refractivity contribution in [3.63, 3.8) is 0 Å². The second kappa shape index (κ2) is 8.25. The van der Waals surface area contributed by atoms with Gasteiger partial charge >= 0.3 is 0 Å². The Balaban J connectivity index is 2.21. The van der Waals surface area contributed by atoms with Crippen LogP contribution in [0.5, 0.6) is 0 Å². The molecule has 114 valence electrons. The van der Waals surface area contributed by atoms with Gasteiger partial charge in [0.25, 0.3) is 0 Å². The Labute approximate surface area is 143 Å². The molecule has 0 saturated heterocycles. The van der Waals surface area contributed by atoms with E-state index in [1.54, 1.807) is 0 Å². The zero-order valence-electron chi connectivity index (χ0n) is 12.6. The second-order valence-corrected chi connectivity index (χ2v) is 6.06. The fourth-order valence-corrected chi connectivity index (χ4v) is 2.72. The zero-order chi connectivity index (χ0) is 15.9. The molecule has 22 heavy (non-hydrogen) atoms. The molecule has 0 spiro atoms. The summed E-state index contributed by atoms with van der Waals surface area (Å²) in [6.07, 6.45) is 2.59. The highest BCUT2D eigenvalue weighted by molar-refractivity contribution is 7.96. The molecule has 0 aromatic heterocycles. The molecule has 0 aliphatic heterocycles. The maximum absolute atomic E-state index is 12.0. The first-order chi connectivity index (χ1) is 10.6. The van der Waals surface area contributed by atoms with Gasteiger partial charge in [-0.05, 0) is 17.5 Å². The van der Waals surface area contributed by atoms with Crippen LogP contribution in [0.15, 0.2) is 54.6 Å². The van der Waals surface area contributed by atoms with Crippen LogP contribution >= 0.6 is 25.3 Å². The number of ketones is 1. The van der Waals surface area contributed by atoms with Gasteiger partial charge in [0, 0.05) is 21.8 Å². The molecule has 2 aromatic rings. The van der Waals surface area contributed by atoms with Crippen molar-refractivity contribution in [3.05, 3.63) is 71.3 Å². The second-order valence-electron chi connectivity index (χ2n) is 5.17. The average Bonchev–Trinajstić information content (AvgIpc) is 2.59. The summed E-state index contributed by atoms with van der Waals surface area (Å²) < 4.78 is 0. The Kier molecular flexibility index (Phi) is 6.34. The maximum Gasteiger partial charge on any atom is 0.162 e. The van der Waals surface area contributed by atoms with Gasteiger partial charge in [0.1, 0.15) is 0 Å². The van der Waals surface area contributed by atoms with E-state index in [4.69, 9.17) is 0 Å². The summed E-state index contributed by atoms with van der Waals surface area (Å²) in [4.78, 5) is 13.6. The standard InChI is InChI=1S/C19H20OS2/c1-2-3-9-17(20)14-10-12-16(13-11-14)19(22)18(21)15-7-5-4-6-8-15/h4-8,10-13,21-22H,2-3,9H2,1H3. The summed E-state index contributed by atoms with van der Waals surface area (Å²) >= 11 is 9.16. The first-order valence-corrected chi connectivity index (χ1v) is 8.34. The highest BCUT2D eigenvalue weighted by atomic mass is 32.1. The van der Waals surface area contributed by atoms with Crippen LogP contribution in [0.2, 0.25) is 0 Å².